The van der Waals surface area contributed by atoms with Crippen LogP contribution in [0.3, 0.4) is 0 Å². The molecule has 1 aliphatic heterocycles. The molecule has 3 nitrogen and oxygen atoms in total. The van der Waals surface area contributed by atoms with Crippen molar-refractivity contribution in [2.24, 2.45) is 0 Å². The van der Waals surface area contributed by atoms with Gasteiger partial charge in [0.2, 0.25) is 0 Å². The molecule has 0 aromatic rings. The van der Waals surface area contributed by atoms with Gasteiger partial charge in [-0.15, -0.1) is 11.8 Å². The number of hydrogen-bond acceptors (Lipinski definition) is 4. The Hall–Kier alpha value is -0.220. The lowest BCUT2D eigenvalue weighted by molar-refractivity contribution is -0.129. The van der Waals surface area contributed by atoms with Gasteiger partial charge in [-0.1, -0.05) is 0 Å². The molecule has 0 amide bonds. The molecule has 4 heteroatoms. The molecule has 0 aliphatic carbocycles. The maximum absolute atomic E-state index is 9.81. The van der Waals surface area contributed by atoms with Crippen molar-refractivity contribution in [2.75, 3.05) is 18.8 Å². The number of hydrogen-bond donors (Lipinski definition) is 1. The molecular formula is C5H9NO2S. The third-order valence-electron chi connectivity index (χ3n) is 1.10. The molecule has 0 aromatic heterocycles. The fourth-order valence-electron chi connectivity index (χ4n) is 0.691. The molecule has 1 N–H and O–H groups in total. The van der Waals surface area contributed by atoms with Gasteiger partial charge in [0.25, 0.3) is 6.47 Å². The molecule has 1 aliphatic rings. The standard InChI is InChI=1S/C5H9NO2S/c7-4-8-5-3-6-1-2-9-5/h4-6H,1-3H2. The Kier molecular flexibility index (Phi) is 2.86. The summed E-state index contributed by atoms with van der Waals surface area (Å²) >= 11 is 1.67. The molecule has 1 heterocycles. The van der Waals surface area contributed by atoms with E-state index in [4.69, 9.17) is 4.74 Å². The van der Waals surface area contributed by atoms with E-state index < -0.39 is 0 Å². The first-order valence-electron chi connectivity index (χ1n) is 2.85. The van der Waals surface area contributed by atoms with Gasteiger partial charge in [0.15, 0.2) is 5.44 Å². The van der Waals surface area contributed by atoms with E-state index in [1.165, 1.54) is 0 Å². The van der Waals surface area contributed by atoms with Crippen LogP contribution < -0.4 is 5.32 Å². The highest BCUT2D eigenvalue weighted by Gasteiger charge is 2.12. The van der Waals surface area contributed by atoms with E-state index >= 15 is 0 Å². The third kappa shape index (κ3) is 2.24. The van der Waals surface area contributed by atoms with Crippen molar-refractivity contribution in [3.05, 3.63) is 0 Å². The highest BCUT2D eigenvalue weighted by Crippen LogP contribution is 2.12. The molecule has 0 radical (unpaired) electrons. The Morgan fingerprint density at radius 2 is 2.67 bits per heavy atom. The van der Waals surface area contributed by atoms with Crippen LogP contribution in [0.2, 0.25) is 0 Å². The predicted molar refractivity (Wildman–Crippen MR) is 36.3 cm³/mol. The Labute approximate surface area is 58.1 Å². The van der Waals surface area contributed by atoms with Crippen LogP contribution >= 0.6 is 11.8 Å². The highest BCUT2D eigenvalue weighted by atomic mass is 32.2. The average molecular weight is 147 g/mol. The van der Waals surface area contributed by atoms with Gasteiger partial charge in [-0.25, -0.2) is 0 Å². The van der Waals surface area contributed by atoms with Crippen LogP contribution in [-0.4, -0.2) is 30.8 Å². The van der Waals surface area contributed by atoms with Crippen molar-refractivity contribution in [3.63, 3.8) is 0 Å². The van der Waals surface area contributed by atoms with Gasteiger partial charge in [0.05, 0.1) is 0 Å². The van der Waals surface area contributed by atoms with Gasteiger partial charge in [0.1, 0.15) is 0 Å². The maximum Gasteiger partial charge on any atom is 0.294 e. The highest BCUT2D eigenvalue weighted by molar-refractivity contribution is 7.99. The van der Waals surface area contributed by atoms with Crippen molar-refractivity contribution in [2.45, 2.75) is 5.44 Å². The minimum absolute atomic E-state index is 0.0382. The second-order valence-corrected chi connectivity index (χ2v) is 3.00. The normalized spacial score (nSPS) is 27.3. The van der Waals surface area contributed by atoms with E-state index in [-0.39, 0.29) is 5.44 Å². The zero-order chi connectivity index (χ0) is 6.53. The van der Waals surface area contributed by atoms with E-state index in [0.29, 0.717) is 6.47 Å². The first-order valence-corrected chi connectivity index (χ1v) is 3.90. The topological polar surface area (TPSA) is 38.3 Å². The Morgan fingerprint density at radius 3 is 3.22 bits per heavy atom. The number of ether oxygens (including phenoxy) is 1. The van der Waals surface area contributed by atoms with Crippen molar-refractivity contribution < 1.29 is 9.53 Å². The molecular weight excluding hydrogens is 138 g/mol. The molecule has 1 saturated heterocycles. The second-order valence-electron chi connectivity index (χ2n) is 1.74. The predicted octanol–water partition coefficient (Wildman–Crippen LogP) is -0.178. The Bertz CT molecular complexity index is 93.0. The summed E-state index contributed by atoms with van der Waals surface area (Å²) in [7, 11) is 0. The summed E-state index contributed by atoms with van der Waals surface area (Å²) in [6.07, 6.45) is 0. The van der Waals surface area contributed by atoms with Gasteiger partial charge in [-0.3, -0.25) is 4.79 Å². The Morgan fingerprint density at radius 1 is 1.78 bits per heavy atom. The van der Waals surface area contributed by atoms with E-state index in [0.717, 1.165) is 18.8 Å². The monoisotopic (exact) mass is 147 g/mol. The fraction of sp³-hybridized carbons (Fsp3) is 0.800. The number of nitrogens with one attached hydrogen (secondary N) is 1. The van der Waals surface area contributed by atoms with Crippen LogP contribution in [-0.2, 0) is 9.53 Å². The molecule has 52 valence electrons. The average Bonchev–Trinajstić information content (AvgIpc) is 1.91. The molecule has 1 atom stereocenters. The van der Waals surface area contributed by atoms with Crippen molar-refractivity contribution >= 4 is 18.2 Å². The lowest BCUT2D eigenvalue weighted by Gasteiger charge is -2.19. The molecule has 0 spiro atoms. The number of thioether (sulfide) groups is 1. The van der Waals surface area contributed by atoms with Gasteiger partial charge >= 0.3 is 0 Å². The summed E-state index contributed by atoms with van der Waals surface area (Å²) in [5.74, 6) is 1.03. The summed E-state index contributed by atoms with van der Waals surface area (Å²) in [6, 6.07) is 0. The fourth-order valence-corrected chi connectivity index (χ4v) is 1.58. The summed E-state index contributed by atoms with van der Waals surface area (Å²) in [4.78, 5) is 9.81. The lowest BCUT2D eigenvalue weighted by atomic mass is 10.6. The summed E-state index contributed by atoms with van der Waals surface area (Å²) < 4.78 is 4.70. The number of carbonyl (C=O) groups is 1. The molecule has 1 unspecified atom stereocenters. The molecule has 0 bridgehead atoms. The maximum atomic E-state index is 9.81. The van der Waals surface area contributed by atoms with Crippen molar-refractivity contribution in [1.29, 1.82) is 0 Å². The van der Waals surface area contributed by atoms with Crippen LogP contribution in [0, 0.1) is 0 Å². The largest absolute Gasteiger partial charge is 0.452 e. The molecule has 9 heavy (non-hydrogen) atoms. The third-order valence-corrected chi connectivity index (χ3v) is 2.19. The van der Waals surface area contributed by atoms with E-state index in [1.807, 2.05) is 0 Å². The Balaban J connectivity index is 2.15. The molecule has 0 aromatic carbocycles. The first-order chi connectivity index (χ1) is 4.43. The van der Waals surface area contributed by atoms with Gasteiger partial charge in [-0.05, 0) is 0 Å². The smallest absolute Gasteiger partial charge is 0.294 e. The van der Waals surface area contributed by atoms with Crippen LogP contribution in [0.4, 0.5) is 0 Å². The zero-order valence-electron chi connectivity index (χ0n) is 5.00. The summed E-state index contributed by atoms with van der Waals surface area (Å²) in [6.45, 7) is 2.30. The van der Waals surface area contributed by atoms with Crippen LogP contribution in [0.5, 0.6) is 0 Å². The van der Waals surface area contributed by atoms with Crippen LogP contribution in [0.25, 0.3) is 0 Å². The molecule has 0 saturated carbocycles. The van der Waals surface area contributed by atoms with E-state index in [2.05, 4.69) is 5.32 Å². The SMILES string of the molecule is O=COC1CNCCS1. The van der Waals surface area contributed by atoms with E-state index in [1.54, 1.807) is 11.8 Å². The van der Waals surface area contributed by atoms with Crippen LogP contribution in [0.1, 0.15) is 0 Å². The zero-order valence-corrected chi connectivity index (χ0v) is 5.82. The molecule has 1 rings (SSSR count). The quantitative estimate of drug-likeness (QED) is 0.550. The van der Waals surface area contributed by atoms with Crippen molar-refractivity contribution in [3.8, 4) is 0 Å². The van der Waals surface area contributed by atoms with Gasteiger partial charge in [0, 0.05) is 18.8 Å². The number of rotatable bonds is 2. The van der Waals surface area contributed by atoms with Gasteiger partial charge < -0.3 is 10.1 Å². The minimum Gasteiger partial charge on any atom is -0.452 e. The minimum atomic E-state index is 0.0382. The number of carbonyl (C=O) groups excluding carboxylic acids is 1. The molecule has 1 fully saturated rings. The van der Waals surface area contributed by atoms with E-state index in [9.17, 15) is 4.79 Å². The lowest BCUT2D eigenvalue weighted by Crippen LogP contribution is -2.33. The summed E-state index contributed by atoms with van der Waals surface area (Å²) in [5, 5.41) is 3.11. The first kappa shape index (κ1) is 6.89. The summed E-state index contributed by atoms with van der Waals surface area (Å²) in [5.41, 5.74) is 0.0382. The van der Waals surface area contributed by atoms with Crippen molar-refractivity contribution in [1.82, 2.24) is 5.32 Å². The second kappa shape index (κ2) is 3.74. The van der Waals surface area contributed by atoms with Crippen LogP contribution in [0.15, 0.2) is 0 Å². The van der Waals surface area contributed by atoms with Gasteiger partial charge in [-0.2, -0.15) is 0 Å².